The second-order valence-corrected chi connectivity index (χ2v) is 5.36. The lowest BCUT2D eigenvalue weighted by Crippen LogP contribution is -2.19. The fourth-order valence-corrected chi connectivity index (χ4v) is 2.42. The molecule has 2 N–H and O–H groups in total. The predicted molar refractivity (Wildman–Crippen MR) is 86.9 cm³/mol. The molecular formula is C18H23NO2. The van der Waals surface area contributed by atoms with E-state index in [9.17, 15) is 5.11 Å². The van der Waals surface area contributed by atoms with Crippen LogP contribution in [0.2, 0.25) is 0 Å². The maximum Gasteiger partial charge on any atom is 0.118 e. The average molecular weight is 285 g/mol. The molecule has 2 rings (SSSR count). The van der Waals surface area contributed by atoms with E-state index in [0.717, 1.165) is 23.4 Å². The van der Waals surface area contributed by atoms with Crippen molar-refractivity contribution in [1.82, 2.24) is 0 Å². The first-order chi connectivity index (χ1) is 10.1. The first-order valence-electron chi connectivity index (χ1n) is 7.26. The lowest BCUT2D eigenvalue weighted by Gasteiger charge is -2.19. The van der Waals surface area contributed by atoms with Crippen molar-refractivity contribution < 1.29 is 9.84 Å². The van der Waals surface area contributed by atoms with Crippen LogP contribution in [-0.2, 0) is 6.42 Å². The Kier molecular flexibility index (Phi) is 5.23. The van der Waals surface area contributed by atoms with Crippen molar-refractivity contribution in [2.45, 2.75) is 32.4 Å². The molecule has 0 aliphatic carbocycles. The van der Waals surface area contributed by atoms with Gasteiger partial charge in [-0.3, -0.25) is 0 Å². The third-order valence-electron chi connectivity index (χ3n) is 3.51. The summed E-state index contributed by atoms with van der Waals surface area (Å²) in [6, 6.07) is 16.3. The largest absolute Gasteiger partial charge is 0.497 e. The van der Waals surface area contributed by atoms with Crippen molar-refractivity contribution in [3.05, 3.63) is 59.7 Å². The maximum absolute atomic E-state index is 9.81. The summed E-state index contributed by atoms with van der Waals surface area (Å²) in [5.41, 5.74) is 3.18. The quantitative estimate of drug-likeness (QED) is 0.848. The molecule has 0 spiro atoms. The van der Waals surface area contributed by atoms with Gasteiger partial charge in [0.2, 0.25) is 0 Å². The number of hydrogen-bond acceptors (Lipinski definition) is 3. The number of nitrogens with one attached hydrogen (secondary N) is 1. The Labute approximate surface area is 126 Å². The number of para-hydroxylation sites is 1. The van der Waals surface area contributed by atoms with Gasteiger partial charge >= 0.3 is 0 Å². The van der Waals surface area contributed by atoms with Crippen molar-refractivity contribution in [3.63, 3.8) is 0 Å². The van der Waals surface area contributed by atoms with Crippen LogP contribution in [0.1, 0.15) is 31.1 Å². The monoisotopic (exact) mass is 285 g/mol. The maximum atomic E-state index is 9.81. The molecule has 2 atom stereocenters. The third-order valence-corrected chi connectivity index (χ3v) is 3.51. The van der Waals surface area contributed by atoms with Gasteiger partial charge in [-0.1, -0.05) is 30.3 Å². The molecule has 3 heteroatoms. The number of aliphatic hydroxyl groups excluding tert-OH is 1. The van der Waals surface area contributed by atoms with Crippen LogP contribution >= 0.6 is 0 Å². The zero-order valence-electron chi connectivity index (χ0n) is 12.8. The van der Waals surface area contributed by atoms with Crippen molar-refractivity contribution in [2.24, 2.45) is 0 Å². The summed E-state index contributed by atoms with van der Waals surface area (Å²) < 4.78 is 5.17. The average Bonchev–Trinajstić information content (AvgIpc) is 2.48. The van der Waals surface area contributed by atoms with E-state index < -0.39 is 6.10 Å². The lowest BCUT2D eigenvalue weighted by molar-refractivity contribution is 0.200. The minimum atomic E-state index is -0.470. The Hall–Kier alpha value is -2.00. The van der Waals surface area contributed by atoms with E-state index in [-0.39, 0.29) is 6.04 Å². The van der Waals surface area contributed by atoms with Crippen LogP contribution in [0.25, 0.3) is 0 Å². The Bertz CT molecular complexity index is 564. The standard InChI is InChI=1S/C18H23NO2/c1-13(12-15-8-10-16(21-3)11-9-15)19-18-7-5-4-6-17(18)14(2)20/h4-11,13-14,19-20H,12H2,1-3H3. The molecule has 0 saturated heterocycles. The zero-order valence-corrected chi connectivity index (χ0v) is 12.8. The van der Waals surface area contributed by atoms with Crippen LogP contribution in [0, 0.1) is 0 Å². The smallest absolute Gasteiger partial charge is 0.118 e. The fraction of sp³-hybridized carbons (Fsp3) is 0.333. The summed E-state index contributed by atoms with van der Waals surface area (Å²) in [6.45, 7) is 3.93. The summed E-state index contributed by atoms with van der Waals surface area (Å²) in [6.07, 6.45) is 0.444. The van der Waals surface area contributed by atoms with Crippen molar-refractivity contribution >= 4 is 5.69 Å². The summed E-state index contributed by atoms with van der Waals surface area (Å²) >= 11 is 0. The van der Waals surface area contributed by atoms with E-state index in [2.05, 4.69) is 24.4 Å². The van der Waals surface area contributed by atoms with Gasteiger partial charge in [0.1, 0.15) is 5.75 Å². The van der Waals surface area contributed by atoms with E-state index >= 15 is 0 Å². The van der Waals surface area contributed by atoms with Crippen molar-refractivity contribution in [1.29, 1.82) is 0 Å². The Morgan fingerprint density at radius 2 is 1.71 bits per heavy atom. The molecule has 0 aliphatic heterocycles. The molecule has 112 valence electrons. The van der Waals surface area contributed by atoms with Gasteiger partial charge in [0, 0.05) is 17.3 Å². The molecule has 0 fully saturated rings. The Morgan fingerprint density at radius 1 is 1.05 bits per heavy atom. The number of rotatable bonds is 6. The molecule has 0 aliphatic rings. The van der Waals surface area contributed by atoms with Gasteiger partial charge in [-0.2, -0.15) is 0 Å². The number of hydrogen-bond donors (Lipinski definition) is 2. The first-order valence-corrected chi connectivity index (χ1v) is 7.26. The van der Waals surface area contributed by atoms with Gasteiger partial charge in [-0.15, -0.1) is 0 Å². The van der Waals surface area contributed by atoms with Gasteiger partial charge in [-0.05, 0) is 44.0 Å². The molecule has 0 radical (unpaired) electrons. The Morgan fingerprint density at radius 3 is 2.33 bits per heavy atom. The number of anilines is 1. The first kappa shape index (κ1) is 15.4. The molecule has 2 aromatic carbocycles. The van der Waals surface area contributed by atoms with Crippen LogP contribution in [0.15, 0.2) is 48.5 Å². The highest BCUT2D eigenvalue weighted by Gasteiger charge is 2.10. The van der Waals surface area contributed by atoms with Crippen molar-refractivity contribution in [3.8, 4) is 5.75 Å². The number of ether oxygens (including phenoxy) is 1. The van der Waals surface area contributed by atoms with E-state index in [1.54, 1.807) is 14.0 Å². The van der Waals surface area contributed by atoms with Gasteiger partial charge < -0.3 is 15.2 Å². The van der Waals surface area contributed by atoms with Crippen LogP contribution in [-0.4, -0.2) is 18.3 Å². The molecule has 0 saturated carbocycles. The summed E-state index contributed by atoms with van der Waals surface area (Å²) in [7, 11) is 1.67. The van der Waals surface area contributed by atoms with E-state index in [0.29, 0.717) is 0 Å². The molecule has 0 bridgehead atoms. The van der Waals surface area contributed by atoms with E-state index in [1.165, 1.54) is 5.56 Å². The van der Waals surface area contributed by atoms with Gasteiger partial charge in [0.25, 0.3) is 0 Å². The van der Waals surface area contributed by atoms with Gasteiger partial charge in [0.15, 0.2) is 0 Å². The highest BCUT2D eigenvalue weighted by Crippen LogP contribution is 2.23. The van der Waals surface area contributed by atoms with Gasteiger partial charge in [-0.25, -0.2) is 0 Å². The molecule has 0 aromatic heterocycles. The summed E-state index contributed by atoms with van der Waals surface area (Å²) in [5.74, 6) is 0.874. The van der Waals surface area contributed by atoms with Crippen LogP contribution in [0.3, 0.4) is 0 Å². The van der Waals surface area contributed by atoms with Crippen molar-refractivity contribution in [2.75, 3.05) is 12.4 Å². The number of methoxy groups -OCH3 is 1. The molecule has 0 amide bonds. The second kappa shape index (κ2) is 7.14. The molecule has 2 aromatic rings. The second-order valence-electron chi connectivity index (χ2n) is 5.36. The van der Waals surface area contributed by atoms with Crippen LogP contribution < -0.4 is 10.1 Å². The number of benzene rings is 2. The van der Waals surface area contributed by atoms with E-state index in [4.69, 9.17) is 4.74 Å². The SMILES string of the molecule is COc1ccc(CC(C)Nc2ccccc2C(C)O)cc1. The minimum absolute atomic E-state index is 0.276. The summed E-state index contributed by atoms with van der Waals surface area (Å²) in [5, 5.41) is 13.3. The highest BCUT2D eigenvalue weighted by atomic mass is 16.5. The molecule has 2 unspecified atom stereocenters. The van der Waals surface area contributed by atoms with Crippen LogP contribution in [0.5, 0.6) is 5.75 Å². The minimum Gasteiger partial charge on any atom is -0.497 e. The Balaban J connectivity index is 2.02. The molecule has 3 nitrogen and oxygen atoms in total. The van der Waals surface area contributed by atoms with Gasteiger partial charge in [0.05, 0.1) is 13.2 Å². The predicted octanol–water partition coefficient (Wildman–Crippen LogP) is 3.79. The van der Waals surface area contributed by atoms with E-state index in [1.807, 2.05) is 36.4 Å². The zero-order chi connectivity index (χ0) is 15.2. The summed E-state index contributed by atoms with van der Waals surface area (Å²) in [4.78, 5) is 0. The highest BCUT2D eigenvalue weighted by molar-refractivity contribution is 5.52. The fourth-order valence-electron chi connectivity index (χ4n) is 2.42. The third kappa shape index (κ3) is 4.23. The molecule has 0 heterocycles. The molecular weight excluding hydrogens is 262 g/mol. The number of aliphatic hydroxyl groups is 1. The lowest BCUT2D eigenvalue weighted by atomic mass is 10.0. The topological polar surface area (TPSA) is 41.5 Å². The normalized spacial score (nSPS) is 13.5. The van der Waals surface area contributed by atoms with Crippen LogP contribution in [0.4, 0.5) is 5.69 Å². The molecule has 21 heavy (non-hydrogen) atoms.